The van der Waals surface area contributed by atoms with Crippen LogP contribution in [-0.2, 0) is 11.2 Å². The molecule has 1 unspecified atom stereocenters. The van der Waals surface area contributed by atoms with E-state index in [0.29, 0.717) is 16.5 Å². The zero-order valence-corrected chi connectivity index (χ0v) is 14.1. The average Bonchev–Trinajstić information content (AvgIpc) is 2.45. The van der Waals surface area contributed by atoms with E-state index >= 15 is 0 Å². The SMILES string of the molecule is O=C1CCc2cc(C(Br)c3cc(Cl)cc(Cl)c3)ccc2N1. The highest BCUT2D eigenvalue weighted by Crippen LogP contribution is 2.36. The Kier molecular flexibility index (Phi) is 4.25. The topological polar surface area (TPSA) is 29.1 Å². The van der Waals surface area contributed by atoms with Crippen LogP contribution >= 0.6 is 39.1 Å². The summed E-state index contributed by atoms with van der Waals surface area (Å²) in [5.41, 5.74) is 4.18. The summed E-state index contributed by atoms with van der Waals surface area (Å²) < 4.78 is 0. The minimum absolute atomic E-state index is 0.0108. The fourth-order valence-corrected chi connectivity index (χ4v) is 3.57. The molecule has 1 amide bonds. The standard InChI is InChI=1S/C16H12BrCl2NO/c17-16(11-6-12(18)8-13(19)7-11)10-1-3-14-9(5-10)2-4-15(21)20-14/h1,3,5-8,16H,2,4H2,(H,20,21). The fraction of sp³-hybridized carbons (Fsp3) is 0.188. The molecule has 2 aromatic carbocycles. The largest absolute Gasteiger partial charge is 0.326 e. The Balaban J connectivity index is 1.94. The number of amides is 1. The van der Waals surface area contributed by atoms with Crippen LogP contribution in [0.5, 0.6) is 0 Å². The van der Waals surface area contributed by atoms with E-state index in [2.05, 4.69) is 27.3 Å². The lowest BCUT2D eigenvalue weighted by atomic mass is 9.97. The first-order valence-electron chi connectivity index (χ1n) is 6.55. The maximum absolute atomic E-state index is 11.4. The molecule has 0 saturated heterocycles. The molecule has 0 bridgehead atoms. The summed E-state index contributed by atoms with van der Waals surface area (Å²) in [5.74, 6) is 0.0762. The molecule has 0 radical (unpaired) electrons. The van der Waals surface area contributed by atoms with E-state index in [9.17, 15) is 4.79 Å². The van der Waals surface area contributed by atoms with Crippen molar-refractivity contribution in [2.45, 2.75) is 17.7 Å². The van der Waals surface area contributed by atoms with Crippen molar-refractivity contribution in [3.05, 3.63) is 63.1 Å². The first kappa shape index (κ1) is 14.9. The van der Waals surface area contributed by atoms with Crippen LogP contribution < -0.4 is 5.32 Å². The Morgan fingerprint density at radius 2 is 1.71 bits per heavy atom. The van der Waals surface area contributed by atoms with Gasteiger partial charge < -0.3 is 5.32 Å². The quantitative estimate of drug-likeness (QED) is 0.693. The van der Waals surface area contributed by atoms with Crippen LogP contribution in [0.2, 0.25) is 10.0 Å². The summed E-state index contributed by atoms with van der Waals surface area (Å²) in [4.78, 5) is 11.4. The van der Waals surface area contributed by atoms with Gasteiger partial charge >= 0.3 is 0 Å². The number of nitrogens with one attached hydrogen (secondary N) is 1. The summed E-state index contributed by atoms with van der Waals surface area (Å²) in [7, 11) is 0. The first-order chi connectivity index (χ1) is 10.0. The van der Waals surface area contributed by atoms with Crippen molar-refractivity contribution in [3.63, 3.8) is 0 Å². The van der Waals surface area contributed by atoms with E-state index in [-0.39, 0.29) is 10.7 Å². The third kappa shape index (κ3) is 3.25. The van der Waals surface area contributed by atoms with E-state index in [1.165, 1.54) is 0 Å². The highest BCUT2D eigenvalue weighted by molar-refractivity contribution is 9.09. The number of halogens is 3. The average molecular weight is 385 g/mol. The van der Waals surface area contributed by atoms with Crippen molar-refractivity contribution in [2.24, 2.45) is 0 Å². The van der Waals surface area contributed by atoms with Crippen molar-refractivity contribution in [3.8, 4) is 0 Å². The maximum atomic E-state index is 11.4. The molecule has 0 aliphatic carbocycles. The molecule has 2 aromatic rings. The Morgan fingerprint density at radius 3 is 2.43 bits per heavy atom. The van der Waals surface area contributed by atoms with Crippen molar-refractivity contribution < 1.29 is 4.79 Å². The van der Waals surface area contributed by atoms with E-state index in [1.54, 1.807) is 6.07 Å². The van der Waals surface area contributed by atoms with Gasteiger partial charge in [0.1, 0.15) is 0 Å². The number of aryl methyl sites for hydroxylation is 1. The molecule has 0 spiro atoms. The van der Waals surface area contributed by atoms with Gasteiger partial charge in [-0.2, -0.15) is 0 Å². The van der Waals surface area contributed by atoms with Crippen LogP contribution in [0.4, 0.5) is 5.69 Å². The summed E-state index contributed by atoms with van der Waals surface area (Å²) in [6.07, 6.45) is 1.30. The lowest BCUT2D eigenvalue weighted by Crippen LogP contribution is -2.19. The van der Waals surface area contributed by atoms with Crippen molar-refractivity contribution in [2.75, 3.05) is 5.32 Å². The molecular formula is C16H12BrCl2NO. The number of alkyl halides is 1. The van der Waals surface area contributed by atoms with Gasteiger partial charge in [0.05, 0.1) is 4.83 Å². The first-order valence-corrected chi connectivity index (χ1v) is 8.23. The predicted octanol–water partition coefficient (Wildman–Crippen LogP) is 5.36. The van der Waals surface area contributed by atoms with E-state index < -0.39 is 0 Å². The second kappa shape index (κ2) is 5.99. The van der Waals surface area contributed by atoms with Gasteiger partial charge in [-0.15, -0.1) is 0 Å². The van der Waals surface area contributed by atoms with Gasteiger partial charge in [0.25, 0.3) is 0 Å². The van der Waals surface area contributed by atoms with Gasteiger partial charge in [0.2, 0.25) is 5.91 Å². The Morgan fingerprint density at radius 1 is 1.00 bits per heavy atom. The smallest absolute Gasteiger partial charge is 0.224 e. The Hall–Kier alpha value is -1.03. The number of hydrogen-bond acceptors (Lipinski definition) is 1. The third-order valence-corrected chi connectivity index (χ3v) is 4.99. The van der Waals surface area contributed by atoms with Crippen molar-refractivity contribution >= 4 is 50.7 Å². The van der Waals surface area contributed by atoms with Gasteiger partial charge in [0, 0.05) is 22.2 Å². The molecule has 1 aliphatic heterocycles. The van der Waals surface area contributed by atoms with E-state index in [1.807, 2.05) is 24.3 Å². The molecule has 2 nitrogen and oxygen atoms in total. The molecule has 0 fully saturated rings. The van der Waals surface area contributed by atoms with Gasteiger partial charge in [-0.25, -0.2) is 0 Å². The number of carbonyl (C=O) groups excluding carboxylic acids is 1. The number of hydrogen-bond donors (Lipinski definition) is 1. The van der Waals surface area contributed by atoms with Crippen molar-refractivity contribution in [1.82, 2.24) is 0 Å². The normalized spacial score (nSPS) is 15.3. The minimum atomic E-state index is 0.0108. The molecule has 0 saturated carbocycles. The zero-order chi connectivity index (χ0) is 15.0. The monoisotopic (exact) mass is 383 g/mol. The van der Waals surface area contributed by atoms with Crippen LogP contribution in [0.15, 0.2) is 36.4 Å². The summed E-state index contributed by atoms with van der Waals surface area (Å²) in [5, 5.41) is 4.12. The summed E-state index contributed by atoms with van der Waals surface area (Å²) >= 11 is 15.8. The van der Waals surface area contributed by atoms with Crippen molar-refractivity contribution in [1.29, 1.82) is 0 Å². The molecule has 0 aromatic heterocycles. The molecule has 108 valence electrons. The Labute approximate surface area is 141 Å². The summed E-state index contributed by atoms with van der Waals surface area (Å²) in [6.45, 7) is 0. The minimum Gasteiger partial charge on any atom is -0.326 e. The van der Waals surface area contributed by atoms with E-state index in [0.717, 1.165) is 28.8 Å². The van der Waals surface area contributed by atoms with Crippen LogP contribution in [0.3, 0.4) is 0 Å². The second-order valence-electron chi connectivity index (χ2n) is 5.03. The molecule has 1 atom stereocenters. The summed E-state index contributed by atoms with van der Waals surface area (Å²) in [6, 6.07) is 11.6. The predicted molar refractivity (Wildman–Crippen MR) is 90.6 cm³/mol. The number of rotatable bonds is 2. The van der Waals surface area contributed by atoms with Crippen LogP contribution in [0.25, 0.3) is 0 Å². The van der Waals surface area contributed by atoms with Gasteiger partial charge in [-0.3, -0.25) is 4.79 Å². The zero-order valence-electron chi connectivity index (χ0n) is 11.0. The highest BCUT2D eigenvalue weighted by atomic mass is 79.9. The molecular weight excluding hydrogens is 373 g/mol. The molecule has 1 N–H and O–H groups in total. The molecule has 1 aliphatic rings. The molecule has 21 heavy (non-hydrogen) atoms. The number of anilines is 1. The van der Waals surface area contributed by atoms with Gasteiger partial charge in [-0.1, -0.05) is 51.3 Å². The maximum Gasteiger partial charge on any atom is 0.224 e. The fourth-order valence-electron chi connectivity index (χ4n) is 2.47. The molecule has 5 heteroatoms. The third-order valence-electron chi connectivity index (χ3n) is 3.49. The molecule has 1 heterocycles. The van der Waals surface area contributed by atoms with Gasteiger partial charge in [-0.05, 0) is 47.4 Å². The van der Waals surface area contributed by atoms with Crippen LogP contribution in [0, 0.1) is 0 Å². The Bertz CT molecular complexity index is 697. The van der Waals surface area contributed by atoms with Crippen LogP contribution in [-0.4, -0.2) is 5.91 Å². The number of carbonyl (C=O) groups is 1. The molecule has 3 rings (SSSR count). The highest BCUT2D eigenvalue weighted by Gasteiger charge is 2.18. The lowest BCUT2D eigenvalue weighted by Gasteiger charge is -2.19. The lowest BCUT2D eigenvalue weighted by molar-refractivity contribution is -0.116. The number of fused-ring (bicyclic) bond motifs is 1. The van der Waals surface area contributed by atoms with E-state index in [4.69, 9.17) is 23.2 Å². The van der Waals surface area contributed by atoms with Gasteiger partial charge in [0.15, 0.2) is 0 Å². The van der Waals surface area contributed by atoms with Crippen LogP contribution in [0.1, 0.15) is 27.9 Å². The second-order valence-corrected chi connectivity index (χ2v) is 6.82. The number of benzene rings is 2.